The van der Waals surface area contributed by atoms with Gasteiger partial charge in [0.05, 0.1) is 11.9 Å². The van der Waals surface area contributed by atoms with E-state index in [2.05, 4.69) is 11.6 Å². The van der Waals surface area contributed by atoms with Crippen LogP contribution in [0.1, 0.15) is 20.3 Å². The Kier molecular flexibility index (Phi) is 7.08. The standard InChI is InChI=1S/C13H19F3N2/c1-5-7-8-12(13(14,15)16)9-11(3)17-10-18(4)6-2/h5,8-10H,1,6-7H2,2-4H3/b11-9+,12-8+,17-10-. The van der Waals surface area contributed by atoms with E-state index in [0.717, 1.165) is 18.7 Å². The Labute approximate surface area is 106 Å². The van der Waals surface area contributed by atoms with Crippen LogP contribution < -0.4 is 0 Å². The van der Waals surface area contributed by atoms with Crippen LogP contribution in [-0.2, 0) is 0 Å². The maximum absolute atomic E-state index is 12.7. The molecule has 0 fully saturated rings. The average Bonchev–Trinajstić information content (AvgIpc) is 2.29. The smallest absolute Gasteiger partial charge is 0.366 e. The summed E-state index contributed by atoms with van der Waals surface area (Å²) in [6.07, 6.45) is 0.864. The summed E-state index contributed by atoms with van der Waals surface area (Å²) in [5.41, 5.74) is -0.390. The molecule has 0 amide bonds. The van der Waals surface area contributed by atoms with Crippen molar-refractivity contribution in [2.75, 3.05) is 13.6 Å². The molecular weight excluding hydrogens is 241 g/mol. The van der Waals surface area contributed by atoms with Crippen molar-refractivity contribution in [2.45, 2.75) is 26.4 Å². The number of aliphatic imine (C=N–C) groups is 1. The van der Waals surface area contributed by atoms with Crippen molar-refractivity contribution in [3.8, 4) is 0 Å². The highest BCUT2D eigenvalue weighted by atomic mass is 19.4. The first-order valence-electron chi connectivity index (χ1n) is 5.62. The summed E-state index contributed by atoms with van der Waals surface area (Å²) in [5, 5.41) is 0. The van der Waals surface area contributed by atoms with Crippen molar-refractivity contribution in [2.24, 2.45) is 4.99 Å². The molecule has 18 heavy (non-hydrogen) atoms. The Hall–Kier alpha value is -1.52. The van der Waals surface area contributed by atoms with Crippen LogP contribution in [0.3, 0.4) is 0 Å². The zero-order valence-electron chi connectivity index (χ0n) is 11.0. The Morgan fingerprint density at radius 1 is 1.39 bits per heavy atom. The summed E-state index contributed by atoms with van der Waals surface area (Å²) in [6, 6.07) is 0. The van der Waals surface area contributed by atoms with E-state index in [1.54, 1.807) is 11.9 Å². The minimum Gasteiger partial charge on any atom is -0.366 e. The molecule has 0 aliphatic rings. The summed E-state index contributed by atoms with van der Waals surface area (Å²) in [7, 11) is 1.80. The molecule has 0 heterocycles. The molecule has 0 N–H and O–H groups in total. The monoisotopic (exact) mass is 260 g/mol. The summed E-state index contributed by atoms with van der Waals surface area (Å²) in [5.74, 6) is 0. The highest BCUT2D eigenvalue weighted by Gasteiger charge is 2.31. The Morgan fingerprint density at radius 2 is 2.00 bits per heavy atom. The molecule has 102 valence electrons. The number of allylic oxidation sites excluding steroid dienone is 5. The summed E-state index contributed by atoms with van der Waals surface area (Å²) in [6.45, 7) is 7.60. The highest BCUT2D eigenvalue weighted by molar-refractivity contribution is 5.56. The van der Waals surface area contributed by atoms with Crippen molar-refractivity contribution in [1.29, 1.82) is 0 Å². The van der Waals surface area contributed by atoms with Gasteiger partial charge in [0.2, 0.25) is 0 Å². The molecule has 0 saturated heterocycles. The van der Waals surface area contributed by atoms with Gasteiger partial charge in [-0.05, 0) is 26.3 Å². The van der Waals surface area contributed by atoms with Crippen LogP contribution in [0.15, 0.2) is 41.1 Å². The SMILES string of the molecule is C=CC\C=C(/C=C(C)/N=C\N(C)CC)C(F)(F)F. The molecular formula is C13H19F3N2. The lowest BCUT2D eigenvalue weighted by Crippen LogP contribution is -2.14. The molecule has 0 unspecified atom stereocenters. The van der Waals surface area contributed by atoms with E-state index in [1.165, 1.54) is 19.3 Å². The second-order valence-corrected chi connectivity index (χ2v) is 3.79. The van der Waals surface area contributed by atoms with Crippen LogP contribution in [0.2, 0.25) is 0 Å². The second kappa shape index (κ2) is 7.74. The minimum atomic E-state index is -4.36. The van der Waals surface area contributed by atoms with Gasteiger partial charge in [0.25, 0.3) is 0 Å². The van der Waals surface area contributed by atoms with Crippen LogP contribution in [-0.4, -0.2) is 31.0 Å². The van der Waals surface area contributed by atoms with Gasteiger partial charge < -0.3 is 4.90 Å². The zero-order valence-corrected chi connectivity index (χ0v) is 11.0. The van der Waals surface area contributed by atoms with E-state index in [-0.39, 0.29) is 6.42 Å². The summed E-state index contributed by atoms with van der Waals surface area (Å²) >= 11 is 0. The molecule has 0 rings (SSSR count). The maximum Gasteiger partial charge on any atom is 0.416 e. The highest BCUT2D eigenvalue weighted by Crippen LogP contribution is 2.28. The average molecular weight is 260 g/mol. The van der Waals surface area contributed by atoms with Gasteiger partial charge in [0, 0.05) is 19.3 Å². The molecule has 0 aliphatic carbocycles. The lowest BCUT2D eigenvalue weighted by atomic mass is 10.2. The number of halogens is 3. The van der Waals surface area contributed by atoms with E-state index in [4.69, 9.17) is 0 Å². The first-order valence-corrected chi connectivity index (χ1v) is 5.62. The van der Waals surface area contributed by atoms with Crippen LogP contribution in [0, 0.1) is 0 Å². The largest absolute Gasteiger partial charge is 0.416 e. The fourth-order valence-corrected chi connectivity index (χ4v) is 1.00. The molecule has 0 saturated carbocycles. The fraction of sp³-hybridized carbons (Fsp3) is 0.462. The van der Waals surface area contributed by atoms with Gasteiger partial charge in [-0.3, -0.25) is 0 Å². The molecule has 0 aromatic rings. The second-order valence-electron chi connectivity index (χ2n) is 3.79. The third kappa shape index (κ3) is 6.93. The number of rotatable bonds is 6. The van der Waals surface area contributed by atoms with Crippen molar-refractivity contribution in [3.63, 3.8) is 0 Å². The van der Waals surface area contributed by atoms with E-state index in [9.17, 15) is 13.2 Å². The Morgan fingerprint density at radius 3 is 2.44 bits per heavy atom. The van der Waals surface area contributed by atoms with Gasteiger partial charge in [-0.1, -0.05) is 12.2 Å². The number of alkyl halides is 3. The number of hydrogen-bond donors (Lipinski definition) is 0. The number of hydrogen-bond acceptors (Lipinski definition) is 1. The van der Waals surface area contributed by atoms with E-state index < -0.39 is 11.7 Å². The van der Waals surface area contributed by atoms with Crippen molar-refractivity contribution < 1.29 is 13.2 Å². The molecule has 2 nitrogen and oxygen atoms in total. The van der Waals surface area contributed by atoms with Crippen LogP contribution in [0.4, 0.5) is 13.2 Å². The van der Waals surface area contributed by atoms with Gasteiger partial charge in [0.1, 0.15) is 0 Å². The lowest BCUT2D eigenvalue weighted by molar-refractivity contribution is -0.0884. The van der Waals surface area contributed by atoms with Crippen LogP contribution in [0.25, 0.3) is 0 Å². The zero-order chi connectivity index (χ0) is 14.2. The first-order chi connectivity index (χ1) is 8.31. The van der Waals surface area contributed by atoms with Crippen molar-refractivity contribution >= 4 is 6.34 Å². The van der Waals surface area contributed by atoms with E-state index >= 15 is 0 Å². The third-order valence-electron chi connectivity index (χ3n) is 2.15. The van der Waals surface area contributed by atoms with Gasteiger partial charge in [0.15, 0.2) is 0 Å². The number of nitrogens with zero attached hydrogens (tertiary/aromatic N) is 2. The minimum absolute atomic E-state index is 0.178. The molecule has 0 aromatic heterocycles. The third-order valence-corrected chi connectivity index (χ3v) is 2.15. The van der Waals surface area contributed by atoms with E-state index in [1.807, 2.05) is 6.92 Å². The van der Waals surface area contributed by atoms with Gasteiger partial charge >= 0.3 is 6.18 Å². The Balaban J connectivity index is 4.95. The van der Waals surface area contributed by atoms with Crippen molar-refractivity contribution in [3.05, 3.63) is 36.1 Å². The molecule has 0 bridgehead atoms. The van der Waals surface area contributed by atoms with Crippen LogP contribution >= 0.6 is 0 Å². The molecule has 0 aliphatic heterocycles. The first kappa shape index (κ1) is 16.5. The summed E-state index contributed by atoms with van der Waals surface area (Å²) in [4.78, 5) is 5.73. The van der Waals surface area contributed by atoms with Crippen molar-refractivity contribution in [1.82, 2.24) is 4.90 Å². The maximum atomic E-state index is 12.7. The van der Waals surface area contributed by atoms with Gasteiger partial charge in [-0.2, -0.15) is 13.2 Å². The van der Waals surface area contributed by atoms with Crippen LogP contribution in [0.5, 0.6) is 0 Å². The van der Waals surface area contributed by atoms with Gasteiger partial charge in [-0.25, -0.2) is 4.99 Å². The molecule has 0 radical (unpaired) electrons. The molecule has 0 atom stereocenters. The summed E-state index contributed by atoms with van der Waals surface area (Å²) < 4.78 is 38.0. The normalized spacial score (nSPS) is 14.1. The molecule has 0 spiro atoms. The predicted octanol–water partition coefficient (Wildman–Crippen LogP) is 3.94. The quantitative estimate of drug-likeness (QED) is 0.306. The van der Waals surface area contributed by atoms with Gasteiger partial charge in [-0.15, -0.1) is 6.58 Å². The topological polar surface area (TPSA) is 15.6 Å². The molecule has 0 aromatic carbocycles. The predicted molar refractivity (Wildman–Crippen MR) is 69.5 cm³/mol. The fourth-order valence-electron chi connectivity index (χ4n) is 1.00. The van der Waals surface area contributed by atoms with E-state index in [0.29, 0.717) is 5.70 Å². The molecule has 5 heteroatoms. The Bertz CT molecular complexity index is 352. The lowest BCUT2D eigenvalue weighted by Gasteiger charge is -2.09.